The third-order valence-corrected chi connectivity index (χ3v) is 3.14. The number of hydrogen-bond acceptors (Lipinski definition) is 2. The van der Waals surface area contributed by atoms with Crippen molar-refractivity contribution in [2.24, 2.45) is 13.0 Å². The third kappa shape index (κ3) is 2.03. The predicted molar refractivity (Wildman–Crippen MR) is 57.0 cm³/mol. The second kappa shape index (κ2) is 4.04. The molecule has 0 N–H and O–H groups in total. The van der Waals surface area contributed by atoms with Crippen LogP contribution in [0.5, 0.6) is 0 Å². The van der Waals surface area contributed by atoms with Gasteiger partial charge >= 0.3 is 0 Å². The second-order valence-electron chi connectivity index (χ2n) is 4.25. The van der Waals surface area contributed by atoms with Gasteiger partial charge < -0.3 is 9.47 Å². The van der Waals surface area contributed by atoms with Crippen LogP contribution >= 0.6 is 0 Å². The van der Waals surface area contributed by atoms with Gasteiger partial charge in [0, 0.05) is 26.2 Å². The molecule has 4 nitrogen and oxygen atoms in total. The summed E-state index contributed by atoms with van der Waals surface area (Å²) in [6, 6.07) is 0. The Morgan fingerprint density at radius 2 is 2.40 bits per heavy atom. The molecule has 15 heavy (non-hydrogen) atoms. The number of likely N-dealkylation sites (tertiary alicyclic amines) is 1. The summed E-state index contributed by atoms with van der Waals surface area (Å²) in [6.07, 6.45) is 5.40. The summed E-state index contributed by atoms with van der Waals surface area (Å²) in [5.74, 6) is 0.828. The number of imidazole rings is 1. The molecule has 4 heteroatoms. The molecule has 1 saturated heterocycles. The highest BCUT2D eigenvalue weighted by Gasteiger charge is 2.28. The summed E-state index contributed by atoms with van der Waals surface area (Å²) in [4.78, 5) is 17.7. The molecule has 2 rings (SSSR count). The highest BCUT2D eigenvalue weighted by Crippen LogP contribution is 2.21. The minimum Gasteiger partial charge on any atom is -0.337 e. The number of hydrogen-bond donors (Lipinski definition) is 0. The average molecular weight is 207 g/mol. The lowest BCUT2D eigenvalue weighted by Gasteiger charge is -2.16. The number of carbonyl (C=O) groups excluding carboxylic acids is 1. The van der Waals surface area contributed by atoms with E-state index in [2.05, 4.69) is 11.9 Å². The smallest absolute Gasteiger partial charge is 0.223 e. The van der Waals surface area contributed by atoms with E-state index in [4.69, 9.17) is 0 Å². The zero-order valence-corrected chi connectivity index (χ0v) is 9.31. The van der Waals surface area contributed by atoms with E-state index < -0.39 is 0 Å². The maximum Gasteiger partial charge on any atom is 0.223 e. The minimum absolute atomic E-state index is 0.281. The highest BCUT2D eigenvalue weighted by atomic mass is 16.2. The molecule has 1 aliphatic rings. The summed E-state index contributed by atoms with van der Waals surface area (Å²) < 4.78 is 1.96. The van der Waals surface area contributed by atoms with Crippen LogP contribution in [0.15, 0.2) is 12.5 Å². The second-order valence-corrected chi connectivity index (χ2v) is 4.25. The predicted octanol–water partition coefficient (Wildman–Crippen LogP) is 1.18. The van der Waals surface area contributed by atoms with Gasteiger partial charge in [-0.05, 0) is 5.92 Å². The van der Waals surface area contributed by atoms with Crippen LogP contribution in [0, 0.1) is 5.92 Å². The third-order valence-electron chi connectivity index (χ3n) is 3.14. The average Bonchev–Trinajstić information content (AvgIpc) is 2.76. The summed E-state index contributed by atoms with van der Waals surface area (Å²) in [5.41, 5.74) is 1.10. The number of aryl methyl sites for hydroxylation is 1. The van der Waals surface area contributed by atoms with Crippen molar-refractivity contribution in [1.29, 1.82) is 0 Å². The first-order valence-electron chi connectivity index (χ1n) is 5.43. The van der Waals surface area contributed by atoms with E-state index in [1.165, 1.54) is 0 Å². The minimum atomic E-state index is 0.281. The molecule has 82 valence electrons. The van der Waals surface area contributed by atoms with Crippen molar-refractivity contribution in [3.05, 3.63) is 18.2 Å². The molecule has 1 aromatic heterocycles. The first-order valence-corrected chi connectivity index (χ1v) is 5.43. The van der Waals surface area contributed by atoms with Crippen molar-refractivity contribution in [2.45, 2.75) is 26.3 Å². The van der Waals surface area contributed by atoms with Crippen LogP contribution in [0.3, 0.4) is 0 Å². The Hall–Kier alpha value is -1.32. The number of carbonyl (C=O) groups is 1. The number of aromatic nitrogens is 2. The first kappa shape index (κ1) is 10.2. The molecule has 1 amide bonds. The Labute approximate surface area is 89.9 Å². The fourth-order valence-electron chi connectivity index (χ4n) is 2.01. The monoisotopic (exact) mass is 207 g/mol. The molecule has 0 spiro atoms. The lowest BCUT2D eigenvalue weighted by atomic mass is 10.1. The van der Waals surface area contributed by atoms with Crippen LogP contribution in [-0.2, 0) is 18.4 Å². The van der Waals surface area contributed by atoms with Crippen molar-refractivity contribution < 1.29 is 4.79 Å². The van der Waals surface area contributed by atoms with Gasteiger partial charge in [-0.3, -0.25) is 4.79 Å². The van der Waals surface area contributed by atoms with Gasteiger partial charge in [-0.1, -0.05) is 13.3 Å². The summed E-state index contributed by atoms with van der Waals surface area (Å²) in [6.45, 7) is 3.75. The normalized spacial score (nSPS) is 21.3. The van der Waals surface area contributed by atoms with Crippen LogP contribution in [0.1, 0.15) is 25.5 Å². The first-order chi connectivity index (χ1) is 7.20. The van der Waals surface area contributed by atoms with Gasteiger partial charge in [0.05, 0.1) is 18.6 Å². The Balaban J connectivity index is 2.01. The van der Waals surface area contributed by atoms with E-state index in [1.807, 2.05) is 22.7 Å². The fourth-order valence-corrected chi connectivity index (χ4v) is 2.01. The Morgan fingerprint density at radius 1 is 1.60 bits per heavy atom. The molecular weight excluding hydrogens is 190 g/mol. The topological polar surface area (TPSA) is 38.1 Å². The Morgan fingerprint density at radius 3 is 2.93 bits per heavy atom. The van der Waals surface area contributed by atoms with E-state index in [1.54, 1.807) is 6.33 Å². The molecule has 1 aromatic rings. The number of rotatable bonds is 3. The van der Waals surface area contributed by atoms with Crippen molar-refractivity contribution in [1.82, 2.24) is 14.5 Å². The molecule has 0 saturated carbocycles. The Kier molecular flexibility index (Phi) is 2.75. The molecular formula is C11H17N3O. The molecule has 0 bridgehead atoms. The molecule has 1 fully saturated rings. The van der Waals surface area contributed by atoms with E-state index in [-0.39, 0.29) is 5.91 Å². The number of nitrogens with zero attached hydrogens (tertiary/aromatic N) is 3. The van der Waals surface area contributed by atoms with Crippen molar-refractivity contribution in [2.75, 3.05) is 6.54 Å². The molecule has 0 radical (unpaired) electrons. The highest BCUT2D eigenvalue weighted by molar-refractivity contribution is 5.78. The molecule has 0 unspecified atom stereocenters. The van der Waals surface area contributed by atoms with E-state index in [0.717, 1.165) is 18.7 Å². The van der Waals surface area contributed by atoms with Gasteiger partial charge in [0.1, 0.15) is 0 Å². The maximum absolute atomic E-state index is 11.7. The quantitative estimate of drug-likeness (QED) is 0.746. The van der Waals surface area contributed by atoms with Crippen LogP contribution < -0.4 is 0 Å². The van der Waals surface area contributed by atoms with Gasteiger partial charge in [0.15, 0.2) is 0 Å². The van der Waals surface area contributed by atoms with Gasteiger partial charge in [0.25, 0.3) is 0 Å². The zero-order valence-electron chi connectivity index (χ0n) is 9.31. The van der Waals surface area contributed by atoms with E-state index in [9.17, 15) is 4.79 Å². The largest absolute Gasteiger partial charge is 0.337 e. The van der Waals surface area contributed by atoms with Crippen molar-refractivity contribution in [3.63, 3.8) is 0 Å². The molecule has 1 atom stereocenters. The van der Waals surface area contributed by atoms with E-state index in [0.29, 0.717) is 18.9 Å². The fraction of sp³-hybridized carbons (Fsp3) is 0.636. The zero-order chi connectivity index (χ0) is 10.8. The van der Waals surface area contributed by atoms with Gasteiger partial charge in [0.2, 0.25) is 5.91 Å². The van der Waals surface area contributed by atoms with Crippen LogP contribution in [-0.4, -0.2) is 26.9 Å². The molecule has 0 aliphatic carbocycles. The maximum atomic E-state index is 11.7. The van der Waals surface area contributed by atoms with Crippen LogP contribution in [0.4, 0.5) is 0 Å². The number of amides is 1. The van der Waals surface area contributed by atoms with Crippen molar-refractivity contribution in [3.8, 4) is 0 Å². The lowest BCUT2D eigenvalue weighted by molar-refractivity contribution is -0.128. The summed E-state index contributed by atoms with van der Waals surface area (Å²) in [7, 11) is 1.96. The van der Waals surface area contributed by atoms with Crippen molar-refractivity contribution >= 4 is 5.91 Å². The van der Waals surface area contributed by atoms with Crippen LogP contribution in [0.2, 0.25) is 0 Å². The molecule has 0 aromatic carbocycles. The van der Waals surface area contributed by atoms with Gasteiger partial charge in [-0.2, -0.15) is 0 Å². The standard InChI is InChI=1S/C11H17N3O/c1-3-9-4-11(15)14(6-9)7-10-5-12-8-13(10)2/h5,8-9H,3-4,6-7H2,1-2H3/t9-/m1/s1. The Bertz CT molecular complexity index is 358. The van der Waals surface area contributed by atoms with Crippen LogP contribution in [0.25, 0.3) is 0 Å². The SMILES string of the molecule is CC[C@@H]1CC(=O)N(Cc2cncn2C)C1. The van der Waals surface area contributed by atoms with E-state index >= 15 is 0 Å². The van der Waals surface area contributed by atoms with Gasteiger partial charge in [-0.25, -0.2) is 4.98 Å². The lowest BCUT2D eigenvalue weighted by Crippen LogP contribution is -2.25. The summed E-state index contributed by atoms with van der Waals surface area (Å²) in [5, 5.41) is 0. The molecule has 2 heterocycles. The summed E-state index contributed by atoms with van der Waals surface area (Å²) >= 11 is 0. The molecule has 1 aliphatic heterocycles. The van der Waals surface area contributed by atoms with Gasteiger partial charge in [-0.15, -0.1) is 0 Å².